The molecule has 1 aromatic carbocycles. The Kier molecular flexibility index (Phi) is 4.01. The van der Waals surface area contributed by atoms with Crippen LogP contribution in [0.4, 0.5) is 17.3 Å². The van der Waals surface area contributed by atoms with Gasteiger partial charge in [-0.1, -0.05) is 13.0 Å². The van der Waals surface area contributed by atoms with Gasteiger partial charge in [0.15, 0.2) is 0 Å². The molecule has 0 radical (unpaired) electrons. The van der Waals surface area contributed by atoms with Crippen molar-refractivity contribution in [1.82, 2.24) is 9.97 Å². The molecule has 3 N–H and O–H groups in total. The molecule has 0 aliphatic heterocycles. The van der Waals surface area contributed by atoms with Gasteiger partial charge in [-0.3, -0.25) is 0 Å². The minimum atomic E-state index is 0.382. The topological polar surface area (TPSA) is 96.8 Å². The molecule has 0 atom stereocenters. The molecule has 1 aromatic heterocycles. The zero-order valence-corrected chi connectivity index (χ0v) is 11.3. The summed E-state index contributed by atoms with van der Waals surface area (Å²) in [6.45, 7) is 1.95. The van der Waals surface area contributed by atoms with Gasteiger partial charge < -0.3 is 15.8 Å². The van der Waals surface area contributed by atoms with Crippen LogP contribution in [0.3, 0.4) is 0 Å². The fourth-order valence-corrected chi connectivity index (χ4v) is 1.79. The van der Waals surface area contributed by atoms with Crippen molar-refractivity contribution in [3.8, 4) is 11.8 Å². The van der Waals surface area contributed by atoms with E-state index in [-0.39, 0.29) is 0 Å². The molecule has 0 fully saturated rings. The second-order valence-electron chi connectivity index (χ2n) is 4.07. The predicted octanol–water partition coefficient (Wildman–Crippen LogP) is 2.25. The second-order valence-corrected chi connectivity index (χ2v) is 4.07. The summed E-state index contributed by atoms with van der Waals surface area (Å²) in [7, 11) is 1.55. The van der Waals surface area contributed by atoms with E-state index in [1.165, 1.54) is 0 Å². The average molecular weight is 269 g/mol. The number of para-hydroxylation sites is 1. The Labute approximate surface area is 117 Å². The Morgan fingerprint density at radius 3 is 2.85 bits per heavy atom. The highest BCUT2D eigenvalue weighted by atomic mass is 16.5. The molecule has 0 saturated carbocycles. The highest BCUT2D eigenvalue weighted by molar-refractivity contribution is 5.72. The van der Waals surface area contributed by atoms with Crippen LogP contribution in [0.1, 0.15) is 18.3 Å². The number of benzene rings is 1. The third-order valence-corrected chi connectivity index (χ3v) is 2.73. The number of nitriles is 1. The first-order valence-electron chi connectivity index (χ1n) is 6.15. The second kappa shape index (κ2) is 5.89. The molecule has 0 amide bonds. The van der Waals surface area contributed by atoms with Crippen molar-refractivity contribution in [3.63, 3.8) is 0 Å². The van der Waals surface area contributed by atoms with E-state index in [0.717, 1.165) is 0 Å². The van der Waals surface area contributed by atoms with Crippen LogP contribution >= 0.6 is 0 Å². The number of aryl methyl sites for hydroxylation is 1. The summed E-state index contributed by atoms with van der Waals surface area (Å²) in [6.07, 6.45) is 0.677. The van der Waals surface area contributed by atoms with Gasteiger partial charge in [0, 0.05) is 12.5 Å². The number of hydrogen-bond donors (Lipinski definition) is 2. The molecule has 0 spiro atoms. The Morgan fingerprint density at radius 2 is 2.20 bits per heavy atom. The molecule has 6 heteroatoms. The highest BCUT2D eigenvalue weighted by Crippen LogP contribution is 2.30. The Hall–Kier alpha value is -2.81. The molecule has 102 valence electrons. The maximum atomic E-state index is 9.17. The molecular formula is C14H15N5O. The SMILES string of the molecule is CCc1nc(N)cc(Nc2c(C#N)cccc2OC)n1. The smallest absolute Gasteiger partial charge is 0.143 e. The number of anilines is 3. The van der Waals surface area contributed by atoms with E-state index in [1.807, 2.05) is 6.92 Å². The molecule has 2 rings (SSSR count). The molecule has 0 unspecified atom stereocenters. The van der Waals surface area contributed by atoms with Crippen molar-refractivity contribution in [2.24, 2.45) is 0 Å². The maximum Gasteiger partial charge on any atom is 0.143 e. The van der Waals surface area contributed by atoms with E-state index in [9.17, 15) is 0 Å². The van der Waals surface area contributed by atoms with Crippen LogP contribution < -0.4 is 15.8 Å². The number of nitrogens with two attached hydrogens (primary N) is 1. The fraction of sp³-hybridized carbons (Fsp3) is 0.214. The van der Waals surface area contributed by atoms with Crippen molar-refractivity contribution in [2.75, 3.05) is 18.2 Å². The van der Waals surface area contributed by atoms with Crippen LogP contribution in [0.25, 0.3) is 0 Å². The van der Waals surface area contributed by atoms with Crippen LogP contribution in [0.15, 0.2) is 24.3 Å². The van der Waals surface area contributed by atoms with Crippen LogP contribution in [-0.2, 0) is 6.42 Å². The molecule has 0 aliphatic rings. The lowest BCUT2D eigenvalue weighted by Gasteiger charge is -2.12. The van der Waals surface area contributed by atoms with Crippen molar-refractivity contribution in [1.29, 1.82) is 5.26 Å². The van der Waals surface area contributed by atoms with E-state index < -0.39 is 0 Å². The third-order valence-electron chi connectivity index (χ3n) is 2.73. The molecule has 2 aromatic rings. The fourth-order valence-electron chi connectivity index (χ4n) is 1.79. The van der Waals surface area contributed by atoms with Crippen LogP contribution in [0.2, 0.25) is 0 Å². The van der Waals surface area contributed by atoms with Crippen LogP contribution in [0.5, 0.6) is 5.75 Å². The minimum Gasteiger partial charge on any atom is -0.495 e. The van der Waals surface area contributed by atoms with Gasteiger partial charge in [-0.25, -0.2) is 9.97 Å². The summed E-state index contributed by atoms with van der Waals surface area (Å²) in [5.41, 5.74) is 6.78. The van der Waals surface area contributed by atoms with Crippen molar-refractivity contribution in [3.05, 3.63) is 35.7 Å². The predicted molar refractivity (Wildman–Crippen MR) is 76.8 cm³/mol. The van der Waals surface area contributed by atoms with Gasteiger partial charge in [-0.15, -0.1) is 0 Å². The lowest BCUT2D eigenvalue weighted by molar-refractivity contribution is 0.416. The summed E-state index contributed by atoms with van der Waals surface area (Å²) in [5.74, 6) is 2.13. The lowest BCUT2D eigenvalue weighted by Crippen LogP contribution is -2.04. The number of aromatic nitrogens is 2. The van der Waals surface area contributed by atoms with Crippen molar-refractivity contribution < 1.29 is 4.74 Å². The zero-order chi connectivity index (χ0) is 14.5. The first-order valence-corrected chi connectivity index (χ1v) is 6.15. The van der Waals surface area contributed by atoms with Gasteiger partial charge in [-0.2, -0.15) is 5.26 Å². The quantitative estimate of drug-likeness (QED) is 0.883. The maximum absolute atomic E-state index is 9.17. The summed E-state index contributed by atoms with van der Waals surface area (Å²) in [5, 5.41) is 12.2. The first kappa shape index (κ1) is 13.6. The van der Waals surface area contributed by atoms with Gasteiger partial charge >= 0.3 is 0 Å². The number of rotatable bonds is 4. The molecule has 0 bridgehead atoms. The lowest BCUT2D eigenvalue weighted by atomic mass is 10.2. The molecular weight excluding hydrogens is 254 g/mol. The first-order chi connectivity index (χ1) is 9.67. The normalized spacial score (nSPS) is 9.85. The molecule has 20 heavy (non-hydrogen) atoms. The molecule has 1 heterocycles. The van der Waals surface area contributed by atoms with E-state index >= 15 is 0 Å². The molecule has 0 aliphatic carbocycles. The Morgan fingerprint density at radius 1 is 1.40 bits per heavy atom. The van der Waals surface area contributed by atoms with Crippen molar-refractivity contribution in [2.45, 2.75) is 13.3 Å². The number of ether oxygens (including phenoxy) is 1. The van der Waals surface area contributed by atoms with Gasteiger partial charge in [0.2, 0.25) is 0 Å². The van der Waals surface area contributed by atoms with Crippen molar-refractivity contribution >= 4 is 17.3 Å². The zero-order valence-electron chi connectivity index (χ0n) is 11.3. The highest BCUT2D eigenvalue weighted by Gasteiger charge is 2.10. The average Bonchev–Trinajstić information content (AvgIpc) is 2.46. The molecule has 0 saturated heterocycles. The van der Waals surface area contributed by atoms with E-state index in [4.69, 9.17) is 15.7 Å². The number of nitrogens with zero attached hydrogens (tertiary/aromatic N) is 3. The van der Waals surface area contributed by atoms with Gasteiger partial charge in [0.05, 0.1) is 12.7 Å². The summed E-state index contributed by atoms with van der Waals surface area (Å²) < 4.78 is 5.26. The monoisotopic (exact) mass is 269 g/mol. The van der Waals surface area contributed by atoms with E-state index in [2.05, 4.69) is 21.4 Å². The van der Waals surface area contributed by atoms with Crippen LogP contribution in [-0.4, -0.2) is 17.1 Å². The number of nitrogens with one attached hydrogen (secondary N) is 1. The Bertz CT molecular complexity index is 663. The summed E-state index contributed by atoms with van der Waals surface area (Å²) >= 11 is 0. The Balaban J connectivity index is 2.44. The van der Waals surface area contributed by atoms with Crippen LogP contribution in [0, 0.1) is 11.3 Å². The van der Waals surface area contributed by atoms with Gasteiger partial charge in [0.1, 0.15) is 35.0 Å². The van der Waals surface area contributed by atoms with E-state index in [1.54, 1.807) is 31.4 Å². The number of hydrogen-bond acceptors (Lipinski definition) is 6. The van der Waals surface area contributed by atoms with Gasteiger partial charge in [0.25, 0.3) is 0 Å². The third kappa shape index (κ3) is 2.78. The standard InChI is InChI=1S/C14H15N5O/c1-3-12-17-11(16)7-13(18-12)19-14-9(8-15)5-4-6-10(14)20-2/h4-7H,3H2,1-2H3,(H3,16,17,18,19). The summed E-state index contributed by atoms with van der Waals surface area (Å²) in [4.78, 5) is 8.44. The largest absolute Gasteiger partial charge is 0.495 e. The summed E-state index contributed by atoms with van der Waals surface area (Å²) in [6, 6.07) is 8.97. The van der Waals surface area contributed by atoms with Gasteiger partial charge in [-0.05, 0) is 12.1 Å². The number of methoxy groups -OCH3 is 1. The van der Waals surface area contributed by atoms with E-state index in [0.29, 0.717) is 40.9 Å². The number of nitrogen functional groups attached to an aromatic ring is 1. The molecule has 6 nitrogen and oxygen atoms in total. The minimum absolute atomic E-state index is 0.382.